The quantitative estimate of drug-likeness (QED) is 0.0406. The minimum absolute atomic E-state index is 0.466. The van der Waals surface area contributed by atoms with E-state index in [1.54, 1.807) is 6.20 Å². The van der Waals surface area contributed by atoms with Gasteiger partial charge in [0.2, 0.25) is 0 Å². The highest BCUT2D eigenvalue weighted by molar-refractivity contribution is 9.38. The van der Waals surface area contributed by atoms with Crippen LogP contribution in [-0.2, 0) is 8.69 Å². The van der Waals surface area contributed by atoms with Crippen molar-refractivity contribution < 1.29 is 92.4 Å². The molecule has 2 nitrogen and oxygen atoms in total. The van der Waals surface area contributed by atoms with Gasteiger partial charge in [-0.1, -0.05) is 78.1 Å². The Balaban J connectivity index is 0.000000355. The molecule has 1 heterocycles. The Morgan fingerprint density at radius 2 is 0.661 bits per heavy atom. The smallest absolute Gasteiger partial charge is 0.200 e. The molecule has 1 aromatic heterocycles. The number of rotatable bonds is 6. The van der Waals surface area contributed by atoms with Crippen molar-refractivity contribution in [1.82, 2.24) is 4.98 Å². The molecule has 0 amide bonds. The molecule has 0 fully saturated rings. The standard InChI is InChI=1S/C24BF20.C12H10Br3N2/c26-5-1(6(27)14(35)21(42)13(5)34)25(2-7(28)15(36)22(43)16(37)8(2)29,3-9(30)17(38)23(44)18(39)10(3)31)4-11(32)19(40)24(45)20(41)12(4)33;13-12(14,15)11-9-17(7-6-16-11)8-10-4-2-1-3-5-10/h;1-7,9H,8H2/q-1;+1. The Hall–Kier alpha value is -4.72. The van der Waals surface area contributed by atoms with Gasteiger partial charge in [-0.2, -0.15) is 4.57 Å². The SMILES string of the molecule is BrC(Br)(Br)c1c[n+](Cc2ccccc2)ccn1.Fc1c(F)c(F)c([B-](c2c(F)c(F)c(F)c(F)c2F)(c2c(F)c(F)c(F)c(F)c2F)c2c(F)c(F)c(F)c(F)c2F)c(F)c1F. The summed E-state index contributed by atoms with van der Waals surface area (Å²) in [6.45, 7) is 0.833. The van der Waals surface area contributed by atoms with Crippen LogP contribution in [0.2, 0.25) is 0 Å². The Kier molecular flexibility index (Phi) is 13.9. The van der Waals surface area contributed by atoms with E-state index < -0.39 is 146 Å². The van der Waals surface area contributed by atoms with Crippen molar-refractivity contribution in [2.75, 3.05) is 0 Å². The Bertz CT molecular complexity index is 2390. The third kappa shape index (κ3) is 7.94. The average Bonchev–Trinajstić information content (AvgIpc) is 3.24. The van der Waals surface area contributed by atoms with Gasteiger partial charge >= 0.3 is 0 Å². The molecule has 6 rings (SSSR count). The zero-order valence-electron chi connectivity index (χ0n) is 29.0. The second-order valence-electron chi connectivity index (χ2n) is 12.4. The number of hydrogen-bond acceptors (Lipinski definition) is 1. The highest BCUT2D eigenvalue weighted by Gasteiger charge is 2.52. The zero-order valence-corrected chi connectivity index (χ0v) is 33.7. The summed E-state index contributed by atoms with van der Waals surface area (Å²) in [7, 11) is 0. The maximum Gasteiger partial charge on any atom is 0.200 e. The summed E-state index contributed by atoms with van der Waals surface area (Å²) in [4.78, 5) is 4.29. The molecule has 6 aromatic rings. The fraction of sp³-hybridized carbons (Fsp3) is 0.0556. The molecule has 0 aliphatic heterocycles. The van der Waals surface area contributed by atoms with Gasteiger partial charge in [0, 0.05) is 5.56 Å². The molecule has 0 radical (unpaired) electrons. The molecule has 0 spiro atoms. The van der Waals surface area contributed by atoms with Gasteiger partial charge in [0.1, 0.15) is 58.4 Å². The summed E-state index contributed by atoms with van der Waals surface area (Å²) < 4.78 is 296. The molecule has 62 heavy (non-hydrogen) atoms. The van der Waals surface area contributed by atoms with Gasteiger partial charge in [0.05, 0.1) is 6.20 Å². The van der Waals surface area contributed by atoms with E-state index in [-0.39, 0.29) is 0 Å². The number of alkyl halides is 3. The van der Waals surface area contributed by atoms with Crippen LogP contribution >= 0.6 is 47.8 Å². The summed E-state index contributed by atoms with van der Waals surface area (Å²) in [5, 5.41) is 0. The topological polar surface area (TPSA) is 16.8 Å². The molecule has 0 bridgehead atoms. The van der Waals surface area contributed by atoms with Gasteiger partial charge in [0.15, 0.2) is 90.9 Å². The summed E-state index contributed by atoms with van der Waals surface area (Å²) in [5.41, 5.74) is -12.2. The zero-order chi connectivity index (χ0) is 46.7. The van der Waals surface area contributed by atoms with Gasteiger partial charge in [-0.3, -0.25) is 0 Å². The van der Waals surface area contributed by atoms with Crippen molar-refractivity contribution in [3.8, 4) is 0 Å². The fourth-order valence-corrected chi connectivity index (χ4v) is 6.96. The summed E-state index contributed by atoms with van der Waals surface area (Å²) in [5.74, 6) is -71.4. The van der Waals surface area contributed by atoms with E-state index in [4.69, 9.17) is 0 Å². The van der Waals surface area contributed by atoms with Crippen LogP contribution in [0, 0.1) is 116 Å². The highest BCUT2D eigenvalue weighted by atomic mass is 80.0. The van der Waals surface area contributed by atoms with Gasteiger partial charge in [-0.15, -0.1) is 21.9 Å². The maximum absolute atomic E-state index is 15.4. The predicted octanol–water partition coefficient (Wildman–Crippen LogP) is 9.56. The highest BCUT2D eigenvalue weighted by Crippen LogP contribution is 2.42. The van der Waals surface area contributed by atoms with E-state index in [9.17, 15) is 52.7 Å². The lowest BCUT2D eigenvalue weighted by molar-refractivity contribution is -0.689. The molecule has 5 aromatic carbocycles. The molecule has 26 heteroatoms. The maximum atomic E-state index is 15.4. The van der Waals surface area contributed by atoms with Crippen molar-refractivity contribution in [2.45, 2.75) is 8.69 Å². The van der Waals surface area contributed by atoms with Crippen molar-refractivity contribution >= 4 is 75.8 Å². The monoisotopic (exact) mass is 1100 g/mol. The minimum atomic E-state index is -7.22. The lowest BCUT2D eigenvalue weighted by Gasteiger charge is -2.44. The Morgan fingerprint density at radius 3 is 0.919 bits per heavy atom. The predicted molar refractivity (Wildman–Crippen MR) is 188 cm³/mol. The van der Waals surface area contributed by atoms with Crippen LogP contribution in [0.1, 0.15) is 11.3 Å². The minimum Gasteiger partial charge on any atom is -0.245 e. The number of benzene rings is 5. The van der Waals surface area contributed by atoms with Crippen molar-refractivity contribution in [1.29, 1.82) is 0 Å². The van der Waals surface area contributed by atoms with Crippen LogP contribution in [0.15, 0.2) is 48.9 Å². The van der Waals surface area contributed by atoms with Gasteiger partial charge in [0.25, 0.3) is 0 Å². The summed E-state index contributed by atoms with van der Waals surface area (Å²) >= 11 is 10.4. The van der Waals surface area contributed by atoms with E-state index >= 15 is 35.1 Å². The summed E-state index contributed by atoms with van der Waals surface area (Å²) in [6.07, 6.45) is -1.48. The normalized spacial score (nSPS) is 11.9. The summed E-state index contributed by atoms with van der Waals surface area (Å²) in [6, 6.07) is 10.3. The fourth-order valence-electron chi connectivity index (χ4n) is 6.35. The van der Waals surface area contributed by atoms with Crippen molar-refractivity contribution in [3.63, 3.8) is 0 Å². The first kappa shape index (κ1) is 48.3. The Labute approximate surface area is 357 Å². The van der Waals surface area contributed by atoms with Crippen LogP contribution in [0.4, 0.5) is 87.8 Å². The molecule has 328 valence electrons. The lowest BCUT2D eigenvalue weighted by Crippen LogP contribution is -2.81. The lowest BCUT2D eigenvalue weighted by atomic mass is 9.12. The van der Waals surface area contributed by atoms with Gasteiger partial charge in [-0.05, 0) is 0 Å². The molecular formula is C36H10BBr3F20N2. The molecule has 0 atom stereocenters. The van der Waals surface area contributed by atoms with E-state index in [2.05, 4.69) is 69.5 Å². The van der Waals surface area contributed by atoms with Gasteiger partial charge < -0.3 is 0 Å². The molecule has 0 saturated carbocycles. The van der Waals surface area contributed by atoms with E-state index in [0.29, 0.717) is 0 Å². The van der Waals surface area contributed by atoms with Crippen LogP contribution < -0.4 is 26.4 Å². The number of aromatic nitrogens is 2. The molecule has 0 aliphatic carbocycles. The first-order valence-corrected chi connectivity index (χ1v) is 18.3. The Morgan fingerprint density at radius 1 is 0.403 bits per heavy atom. The van der Waals surface area contributed by atoms with Gasteiger partial charge in [-0.25, -0.2) is 92.8 Å². The first-order valence-electron chi connectivity index (χ1n) is 16.0. The number of hydrogen-bond donors (Lipinski definition) is 0. The second kappa shape index (κ2) is 17.8. The number of nitrogens with zero attached hydrogens (tertiary/aromatic N) is 2. The van der Waals surface area contributed by atoms with Crippen LogP contribution in [0.5, 0.6) is 0 Å². The average molecular weight is 1100 g/mol. The molecule has 0 saturated heterocycles. The first-order chi connectivity index (χ1) is 28.8. The third-order valence-corrected chi connectivity index (χ3v) is 10.2. The van der Waals surface area contributed by atoms with Crippen molar-refractivity contribution in [2.24, 2.45) is 0 Å². The molecule has 0 aliphatic rings. The second-order valence-corrected chi connectivity index (χ2v) is 19.2. The third-order valence-electron chi connectivity index (χ3n) is 8.97. The molecular weight excluding hydrogens is 1090 g/mol. The molecule has 0 unspecified atom stereocenters. The number of halogens is 23. The largest absolute Gasteiger partial charge is 0.245 e. The van der Waals surface area contributed by atoms with Crippen LogP contribution in [0.3, 0.4) is 0 Å². The van der Waals surface area contributed by atoms with Crippen LogP contribution in [-0.4, -0.2) is 11.1 Å². The van der Waals surface area contributed by atoms with E-state index in [1.165, 1.54) is 5.56 Å². The molecule has 0 N–H and O–H groups in total. The van der Waals surface area contributed by atoms with E-state index in [1.807, 2.05) is 30.6 Å². The van der Waals surface area contributed by atoms with E-state index in [0.717, 1.165) is 12.2 Å². The van der Waals surface area contributed by atoms with Crippen molar-refractivity contribution in [3.05, 3.63) is 177 Å². The van der Waals surface area contributed by atoms with Crippen LogP contribution in [0.25, 0.3) is 0 Å².